The summed E-state index contributed by atoms with van der Waals surface area (Å²) in [5.74, 6) is 1.92. The molecule has 4 rings (SSSR count). The minimum Gasteiger partial charge on any atom is -0.493 e. The maximum Gasteiger partial charge on any atom is 0.213 e. The van der Waals surface area contributed by atoms with Gasteiger partial charge in [0.05, 0.1) is 25.0 Å². The molecule has 0 unspecified atom stereocenters. The van der Waals surface area contributed by atoms with Crippen molar-refractivity contribution in [3.8, 4) is 11.5 Å². The summed E-state index contributed by atoms with van der Waals surface area (Å²) in [5, 5.41) is 1.07. The van der Waals surface area contributed by atoms with E-state index in [-0.39, 0.29) is 5.75 Å². The van der Waals surface area contributed by atoms with Crippen LogP contribution in [0.25, 0.3) is 10.9 Å². The highest BCUT2D eigenvalue weighted by Gasteiger charge is 2.28. The molecule has 2 saturated heterocycles. The lowest BCUT2D eigenvalue weighted by Gasteiger charge is -2.31. The number of fused-ring (bicyclic) bond motifs is 1. The first kappa shape index (κ1) is 24.2. The Morgan fingerprint density at radius 2 is 1.79 bits per heavy atom. The SMILES string of the molecule is CCS(=O)(=O)N1CCC(c2cc(C)nc3cc(OCCCN4CCCC4)c(OC)cc23)CC1. The fourth-order valence-electron chi connectivity index (χ4n) is 5.11. The molecular formula is C25H37N3O4S. The molecule has 182 valence electrons. The van der Waals surface area contributed by atoms with E-state index < -0.39 is 10.0 Å². The molecule has 1 aromatic carbocycles. The standard InChI is InChI=1S/C25H37N3O4S/c1-4-33(29,30)28-13-8-20(9-14-28)21-16-19(2)26-23-18-25(24(31-3)17-22(21)23)32-15-7-12-27-10-5-6-11-27/h16-18,20H,4-15H2,1-3H3. The zero-order chi connectivity index (χ0) is 23.4. The van der Waals surface area contributed by atoms with Crippen LogP contribution >= 0.6 is 0 Å². The summed E-state index contributed by atoms with van der Waals surface area (Å²) < 4.78 is 37.9. The number of methoxy groups -OCH3 is 1. The van der Waals surface area contributed by atoms with Crippen molar-refractivity contribution in [2.24, 2.45) is 0 Å². The second-order valence-electron chi connectivity index (χ2n) is 9.20. The van der Waals surface area contributed by atoms with Crippen LogP contribution in [0.1, 0.15) is 56.2 Å². The zero-order valence-corrected chi connectivity index (χ0v) is 21.0. The molecule has 0 spiro atoms. The number of nitrogens with zero attached hydrogens (tertiary/aromatic N) is 3. The Labute approximate surface area is 198 Å². The van der Waals surface area contributed by atoms with Crippen molar-refractivity contribution in [2.75, 3.05) is 52.2 Å². The Hall–Kier alpha value is -1.90. The van der Waals surface area contributed by atoms with Crippen molar-refractivity contribution in [1.82, 2.24) is 14.2 Å². The number of hydrogen-bond acceptors (Lipinski definition) is 6. The van der Waals surface area contributed by atoms with E-state index in [1.807, 2.05) is 19.1 Å². The summed E-state index contributed by atoms with van der Waals surface area (Å²) in [6.45, 7) is 8.99. The highest BCUT2D eigenvalue weighted by molar-refractivity contribution is 7.89. The molecule has 8 heteroatoms. The Kier molecular flexibility index (Phi) is 7.76. The smallest absolute Gasteiger partial charge is 0.213 e. The van der Waals surface area contributed by atoms with Gasteiger partial charge in [0.1, 0.15) is 0 Å². The monoisotopic (exact) mass is 475 g/mol. The van der Waals surface area contributed by atoms with E-state index in [0.717, 1.165) is 53.9 Å². The second-order valence-corrected chi connectivity index (χ2v) is 11.5. The van der Waals surface area contributed by atoms with E-state index in [1.54, 1.807) is 18.3 Å². The van der Waals surface area contributed by atoms with Gasteiger partial charge in [0, 0.05) is 36.8 Å². The van der Waals surface area contributed by atoms with E-state index in [4.69, 9.17) is 14.5 Å². The molecule has 7 nitrogen and oxygen atoms in total. The number of benzene rings is 1. The normalized spacial score (nSPS) is 18.8. The fraction of sp³-hybridized carbons (Fsp3) is 0.640. The first-order valence-corrected chi connectivity index (χ1v) is 13.8. The third-order valence-electron chi connectivity index (χ3n) is 6.98. The fourth-order valence-corrected chi connectivity index (χ4v) is 6.24. The molecule has 1 aromatic heterocycles. The molecule has 0 atom stereocenters. The van der Waals surface area contributed by atoms with Crippen LogP contribution in [-0.4, -0.2) is 74.8 Å². The number of aryl methyl sites for hydroxylation is 1. The first-order valence-electron chi connectivity index (χ1n) is 12.2. The number of hydrogen-bond donors (Lipinski definition) is 0. The van der Waals surface area contributed by atoms with Crippen molar-refractivity contribution < 1.29 is 17.9 Å². The molecule has 0 aliphatic carbocycles. The van der Waals surface area contributed by atoms with E-state index in [2.05, 4.69) is 11.0 Å². The van der Waals surface area contributed by atoms with Gasteiger partial charge in [-0.2, -0.15) is 0 Å². The van der Waals surface area contributed by atoms with E-state index in [1.165, 1.54) is 31.5 Å². The number of ether oxygens (including phenoxy) is 2. The molecule has 2 fully saturated rings. The molecule has 0 bridgehead atoms. The first-order chi connectivity index (χ1) is 15.9. The third kappa shape index (κ3) is 5.61. The number of piperidine rings is 1. The van der Waals surface area contributed by atoms with E-state index in [9.17, 15) is 8.42 Å². The van der Waals surface area contributed by atoms with E-state index >= 15 is 0 Å². The molecule has 2 aliphatic heterocycles. The Bertz CT molecular complexity index is 1060. The number of rotatable bonds is 9. The summed E-state index contributed by atoms with van der Waals surface area (Å²) in [4.78, 5) is 7.27. The number of likely N-dealkylation sites (tertiary alicyclic amines) is 1. The van der Waals surface area contributed by atoms with Crippen LogP contribution in [-0.2, 0) is 10.0 Å². The molecule has 0 radical (unpaired) electrons. The summed E-state index contributed by atoms with van der Waals surface area (Å²) >= 11 is 0. The number of pyridine rings is 1. The number of sulfonamides is 1. The Balaban J connectivity index is 1.51. The third-order valence-corrected chi connectivity index (χ3v) is 8.86. The van der Waals surface area contributed by atoms with Crippen LogP contribution in [0.3, 0.4) is 0 Å². The van der Waals surface area contributed by atoms with Gasteiger partial charge >= 0.3 is 0 Å². The highest BCUT2D eigenvalue weighted by Crippen LogP contribution is 2.38. The minimum atomic E-state index is -3.13. The second kappa shape index (κ2) is 10.6. The van der Waals surface area contributed by atoms with Gasteiger partial charge in [-0.15, -0.1) is 0 Å². The Morgan fingerprint density at radius 3 is 2.45 bits per heavy atom. The molecule has 2 aliphatic rings. The van der Waals surface area contributed by atoms with Gasteiger partial charge in [-0.25, -0.2) is 12.7 Å². The molecular weight excluding hydrogens is 438 g/mol. The Morgan fingerprint density at radius 1 is 1.06 bits per heavy atom. The summed E-state index contributed by atoms with van der Waals surface area (Å²) in [7, 11) is -1.45. The van der Waals surface area contributed by atoms with Gasteiger partial charge in [0.15, 0.2) is 11.5 Å². The van der Waals surface area contributed by atoms with Gasteiger partial charge in [-0.1, -0.05) is 0 Å². The summed E-state index contributed by atoms with van der Waals surface area (Å²) in [6.07, 6.45) is 5.23. The molecule has 0 N–H and O–H groups in total. The van der Waals surface area contributed by atoms with Crippen LogP contribution in [0, 0.1) is 6.92 Å². The van der Waals surface area contributed by atoms with Crippen molar-refractivity contribution in [2.45, 2.75) is 51.9 Å². The minimum absolute atomic E-state index is 0.160. The molecule has 33 heavy (non-hydrogen) atoms. The summed E-state index contributed by atoms with van der Waals surface area (Å²) in [6, 6.07) is 6.19. The van der Waals surface area contributed by atoms with Crippen LogP contribution < -0.4 is 9.47 Å². The van der Waals surface area contributed by atoms with Gasteiger partial charge in [0.2, 0.25) is 10.0 Å². The van der Waals surface area contributed by atoms with Crippen LogP contribution in [0.5, 0.6) is 11.5 Å². The maximum absolute atomic E-state index is 12.3. The van der Waals surface area contributed by atoms with Crippen molar-refractivity contribution in [3.05, 3.63) is 29.5 Å². The topological polar surface area (TPSA) is 72.0 Å². The predicted octanol–water partition coefficient (Wildman–Crippen LogP) is 3.95. The van der Waals surface area contributed by atoms with Crippen LogP contribution in [0.15, 0.2) is 18.2 Å². The van der Waals surface area contributed by atoms with Gasteiger partial charge in [-0.05, 0) is 82.7 Å². The average molecular weight is 476 g/mol. The maximum atomic E-state index is 12.3. The number of aromatic nitrogens is 1. The lowest BCUT2D eigenvalue weighted by molar-refractivity contribution is 0.254. The predicted molar refractivity (Wildman–Crippen MR) is 132 cm³/mol. The van der Waals surface area contributed by atoms with Crippen LogP contribution in [0.2, 0.25) is 0 Å². The molecule has 0 saturated carbocycles. The largest absolute Gasteiger partial charge is 0.493 e. The molecule has 2 aromatic rings. The van der Waals surface area contributed by atoms with Crippen molar-refractivity contribution in [3.63, 3.8) is 0 Å². The van der Waals surface area contributed by atoms with Gasteiger partial charge < -0.3 is 14.4 Å². The quantitative estimate of drug-likeness (QED) is 0.512. The van der Waals surface area contributed by atoms with E-state index in [0.29, 0.717) is 25.6 Å². The molecule has 0 amide bonds. The molecule has 3 heterocycles. The average Bonchev–Trinajstić information content (AvgIpc) is 3.34. The lowest BCUT2D eigenvalue weighted by Crippen LogP contribution is -2.38. The van der Waals surface area contributed by atoms with Crippen molar-refractivity contribution >= 4 is 20.9 Å². The van der Waals surface area contributed by atoms with Gasteiger partial charge in [-0.3, -0.25) is 4.98 Å². The lowest BCUT2D eigenvalue weighted by atomic mass is 9.87. The van der Waals surface area contributed by atoms with Crippen LogP contribution in [0.4, 0.5) is 0 Å². The van der Waals surface area contributed by atoms with Crippen molar-refractivity contribution in [1.29, 1.82) is 0 Å². The zero-order valence-electron chi connectivity index (χ0n) is 20.2. The summed E-state index contributed by atoms with van der Waals surface area (Å²) in [5.41, 5.74) is 3.10. The highest BCUT2D eigenvalue weighted by atomic mass is 32.2. The van der Waals surface area contributed by atoms with Gasteiger partial charge in [0.25, 0.3) is 0 Å².